The van der Waals surface area contributed by atoms with Crippen LogP contribution in [0.15, 0.2) is 31.0 Å². The number of amides is 2. The zero-order valence-corrected chi connectivity index (χ0v) is 21.8. The van der Waals surface area contributed by atoms with E-state index in [-0.39, 0.29) is 6.03 Å². The molecule has 0 radical (unpaired) electrons. The molecule has 198 valence electrons. The highest BCUT2D eigenvalue weighted by Gasteiger charge is 2.46. The Bertz CT molecular complexity index is 1210. The lowest BCUT2D eigenvalue weighted by atomic mass is 9.71. The van der Waals surface area contributed by atoms with E-state index in [2.05, 4.69) is 47.5 Å². The molecule has 3 aromatic heterocycles. The van der Waals surface area contributed by atoms with Gasteiger partial charge in [0.05, 0.1) is 17.9 Å². The highest BCUT2D eigenvalue weighted by molar-refractivity contribution is 5.90. The van der Waals surface area contributed by atoms with Crippen LogP contribution in [-0.4, -0.2) is 96.8 Å². The van der Waals surface area contributed by atoms with Crippen LogP contribution in [0, 0.1) is 5.92 Å². The molecular formula is C27H39N9O. The van der Waals surface area contributed by atoms with Gasteiger partial charge < -0.3 is 20.5 Å². The molecule has 3 aliphatic rings. The van der Waals surface area contributed by atoms with Crippen molar-refractivity contribution in [2.75, 3.05) is 39.3 Å². The number of urea groups is 1. The Morgan fingerprint density at radius 3 is 2.81 bits per heavy atom. The van der Waals surface area contributed by atoms with Crippen LogP contribution in [0.2, 0.25) is 0 Å². The first kappa shape index (κ1) is 24.4. The van der Waals surface area contributed by atoms with Crippen molar-refractivity contribution in [2.45, 2.75) is 63.6 Å². The van der Waals surface area contributed by atoms with Crippen LogP contribution in [0.25, 0.3) is 22.3 Å². The Balaban J connectivity index is 1.09. The van der Waals surface area contributed by atoms with Crippen LogP contribution < -0.4 is 5.73 Å². The van der Waals surface area contributed by atoms with Gasteiger partial charge >= 0.3 is 6.03 Å². The summed E-state index contributed by atoms with van der Waals surface area (Å²) in [5.41, 5.74) is 8.82. The van der Waals surface area contributed by atoms with E-state index in [1.54, 1.807) is 6.33 Å². The normalized spacial score (nSPS) is 26.6. The Morgan fingerprint density at radius 1 is 1.14 bits per heavy atom. The summed E-state index contributed by atoms with van der Waals surface area (Å²) in [6.07, 6.45) is 14.1. The molecule has 4 atom stereocenters. The summed E-state index contributed by atoms with van der Waals surface area (Å²) in [5, 5.41) is 5.76. The minimum absolute atomic E-state index is 0.255. The van der Waals surface area contributed by atoms with E-state index in [1.165, 1.54) is 0 Å². The third kappa shape index (κ3) is 4.50. The van der Waals surface area contributed by atoms with Crippen LogP contribution in [0.5, 0.6) is 0 Å². The minimum atomic E-state index is 0.255. The zero-order valence-electron chi connectivity index (χ0n) is 21.8. The van der Waals surface area contributed by atoms with E-state index in [9.17, 15) is 4.79 Å². The molecule has 1 aliphatic carbocycles. The molecule has 0 bridgehead atoms. The second-order valence-corrected chi connectivity index (χ2v) is 10.9. The number of hydrogen-bond acceptors (Lipinski definition) is 6. The van der Waals surface area contributed by atoms with Gasteiger partial charge in [-0.15, -0.1) is 0 Å². The summed E-state index contributed by atoms with van der Waals surface area (Å²) in [6, 6.07) is 3.53. The van der Waals surface area contributed by atoms with Gasteiger partial charge in [-0.2, -0.15) is 5.10 Å². The predicted molar refractivity (Wildman–Crippen MR) is 143 cm³/mol. The van der Waals surface area contributed by atoms with Gasteiger partial charge in [-0.25, -0.2) is 14.8 Å². The molecule has 3 N–H and O–H groups in total. The lowest BCUT2D eigenvalue weighted by Crippen LogP contribution is -2.60. The topological polar surface area (TPSA) is 112 Å². The number of nitrogens with zero attached hydrogens (tertiary/aromatic N) is 7. The number of aromatic amines is 1. The fourth-order valence-corrected chi connectivity index (χ4v) is 6.85. The van der Waals surface area contributed by atoms with Crippen LogP contribution in [0.4, 0.5) is 4.79 Å². The molecule has 2 amide bonds. The summed E-state index contributed by atoms with van der Waals surface area (Å²) in [4.78, 5) is 32.0. The monoisotopic (exact) mass is 505 g/mol. The second-order valence-electron chi connectivity index (χ2n) is 10.9. The van der Waals surface area contributed by atoms with Crippen LogP contribution in [-0.2, 0) is 0 Å². The highest BCUT2D eigenvalue weighted by Crippen LogP contribution is 2.44. The van der Waals surface area contributed by atoms with Crippen molar-refractivity contribution in [3.63, 3.8) is 0 Å². The molecule has 1 saturated carbocycles. The van der Waals surface area contributed by atoms with Crippen molar-refractivity contribution in [1.29, 1.82) is 0 Å². The van der Waals surface area contributed by atoms with Gasteiger partial charge in [0.1, 0.15) is 12.0 Å². The fourth-order valence-electron chi connectivity index (χ4n) is 6.85. The Hall–Kier alpha value is -2.98. The first-order valence-corrected chi connectivity index (χ1v) is 14.0. The molecule has 5 heterocycles. The van der Waals surface area contributed by atoms with Crippen molar-refractivity contribution in [3.8, 4) is 11.3 Å². The van der Waals surface area contributed by atoms with Crippen LogP contribution in [0.3, 0.4) is 0 Å². The molecule has 3 aromatic rings. The van der Waals surface area contributed by atoms with Gasteiger partial charge in [0.15, 0.2) is 0 Å². The number of rotatable bonds is 7. The van der Waals surface area contributed by atoms with E-state index in [4.69, 9.17) is 10.8 Å². The molecule has 10 nitrogen and oxygen atoms in total. The van der Waals surface area contributed by atoms with E-state index in [1.807, 2.05) is 18.5 Å². The maximum atomic E-state index is 13.2. The number of likely N-dealkylation sites (tertiary alicyclic amines) is 1. The summed E-state index contributed by atoms with van der Waals surface area (Å²) in [7, 11) is 0. The Morgan fingerprint density at radius 2 is 2.00 bits per heavy atom. The average molecular weight is 506 g/mol. The summed E-state index contributed by atoms with van der Waals surface area (Å²) in [5.74, 6) is 0.463. The Labute approximate surface area is 218 Å². The van der Waals surface area contributed by atoms with E-state index in [0.29, 0.717) is 30.6 Å². The SMILES string of the molecule is CCCC1CCCN1C(=O)N1CCN(C2CC(n3cc(-c4ncnc5[nH]ccc45)cn3)C2CCN)CC1. The average Bonchev–Trinajstić information content (AvgIpc) is 3.68. The van der Waals surface area contributed by atoms with Gasteiger partial charge in [-0.05, 0) is 50.6 Å². The predicted octanol–water partition coefficient (Wildman–Crippen LogP) is 3.10. The van der Waals surface area contributed by atoms with Crippen molar-refractivity contribution >= 4 is 17.1 Å². The molecule has 0 aromatic carbocycles. The number of H-pyrrole nitrogens is 1. The number of nitrogens with two attached hydrogens (primary N) is 1. The van der Waals surface area contributed by atoms with Gasteiger partial charge in [0, 0.05) is 68.2 Å². The van der Waals surface area contributed by atoms with Crippen molar-refractivity contribution in [1.82, 2.24) is 39.4 Å². The molecule has 4 unspecified atom stereocenters. The van der Waals surface area contributed by atoms with Crippen LogP contribution in [0.1, 0.15) is 51.5 Å². The van der Waals surface area contributed by atoms with E-state index < -0.39 is 0 Å². The third-order valence-electron chi connectivity index (χ3n) is 8.84. The molecule has 37 heavy (non-hydrogen) atoms. The van der Waals surface area contributed by atoms with E-state index in [0.717, 1.165) is 93.5 Å². The maximum absolute atomic E-state index is 13.2. The Kier molecular flexibility index (Phi) is 6.86. The van der Waals surface area contributed by atoms with Gasteiger partial charge in [-0.1, -0.05) is 13.3 Å². The third-order valence-corrected chi connectivity index (χ3v) is 8.84. The van der Waals surface area contributed by atoms with Crippen molar-refractivity contribution in [2.24, 2.45) is 11.7 Å². The number of nitrogens with one attached hydrogen (secondary N) is 1. The summed E-state index contributed by atoms with van der Waals surface area (Å²) >= 11 is 0. The van der Waals surface area contributed by atoms with Crippen LogP contribution >= 0.6 is 0 Å². The molecule has 2 aliphatic heterocycles. The van der Waals surface area contributed by atoms with E-state index >= 15 is 0 Å². The lowest BCUT2D eigenvalue weighted by molar-refractivity contribution is -0.0191. The maximum Gasteiger partial charge on any atom is 0.320 e. The standard InChI is InChI=1S/C27H39N9O/c1-2-4-20-5-3-10-35(20)27(37)34-13-11-33(12-14-34)23-15-24(21(23)6-8-28)36-17-19(16-32-36)25-22-7-9-29-26(22)31-18-30-25/h7,9,16-18,20-21,23-24H,2-6,8,10-15,28H2,1H3,(H,29,30,31). The lowest BCUT2D eigenvalue weighted by Gasteiger charge is -2.52. The number of piperazine rings is 1. The van der Waals surface area contributed by atoms with Gasteiger partial charge in [0.25, 0.3) is 0 Å². The molecule has 0 spiro atoms. The smallest absolute Gasteiger partial charge is 0.320 e. The highest BCUT2D eigenvalue weighted by atomic mass is 16.2. The number of carbonyl (C=O) groups excluding carboxylic acids is 1. The first-order valence-electron chi connectivity index (χ1n) is 14.0. The summed E-state index contributed by atoms with van der Waals surface area (Å²) < 4.78 is 2.12. The molecule has 2 saturated heterocycles. The zero-order chi connectivity index (χ0) is 25.4. The molecule has 3 fully saturated rings. The molecule has 10 heteroatoms. The molecular weight excluding hydrogens is 466 g/mol. The quantitative estimate of drug-likeness (QED) is 0.510. The summed E-state index contributed by atoms with van der Waals surface area (Å²) in [6.45, 7) is 7.32. The number of carbonyl (C=O) groups is 1. The first-order chi connectivity index (χ1) is 18.2. The molecule has 6 rings (SSSR count). The minimum Gasteiger partial charge on any atom is -0.346 e. The fraction of sp³-hybridized carbons (Fsp3) is 0.630. The second kappa shape index (κ2) is 10.4. The number of hydrogen-bond donors (Lipinski definition) is 2. The number of aromatic nitrogens is 5. The number of fused-ring (bicyclic) bond motifs is 1. The van der Waals surface area contributed by atoms with Crippen molar-refractivity contribution in [3.05, 3.63) is 31.0 Å². The largest absolute Gasteiger partial charge is 0.346 e. The van der Waals surface area contributed by atoms with Gasteiger partial charge in [-0.3, -0.25) is 9.58 Å². The van der Waals surface area contributed by atoms with Crippen molar-refractivity contribution < 1.29 is 4.79 Å². The van der Waals surface area contributed by atoms with Gasteiger partial charge in [0.2, 0.25) is 0 Å².